The van der Waals surface area contributed by atoms with Gasteiger partial charge in [-0.1, -0.05) is 104 Å². The van der Waals surface area contributed by atoms with E-state index in [1.54, 1.807) is 0 Å². The molecule has 2 unspecified atom stereocenters. The van der Waals surface area contributed by atoms with Crippen molar-refractivity contribution in [3.63, 3.8) is 0 Å². The molecule has 186 valence electrons. The van der Waals surface area contributed by atoms with E-state index in [-0.39, 0.29) is 0 Å². The molecule has 0 aliphatic heterocycles. The SMILES string of the molecule is CCCCCCCCCC(CCC)C(CC)OC/C=C\CCCCCN(C)CCCC. The van der Waals surface area contributed by atoms with Crippen LogP contribution in [-0.2, 0) is 4.74 Å². The van der Waals surface area contributed by atoms with Crippen LogP contribution in [-0.4, -0.2) is 37.7 Å². The van der Waals surface area contributed by atoms with Crippen LogP contribution in [0.25, 0.3) is 0 Å². The highest BCUT2D eigenvalue weighted by Gasteiger charge is 2.19. The highest BCUT2D eigenvalue weighted by atomic mass is 16.5. The van der Waals surface area contributed by atoms with Crippen LogP contribution in [0.4, 0.5) is 0 Å². The van der Waals surface area contributed by atoms with Crippen molar-refractivity contribution in [2.75, 3.05) is 26.7 Å². The molecule has 0 aliphatic rings. The van der Waals surface area contributed by atoms with Crippen LogP contribution < -0.4 is 0 Å². The lowest BCUT2D eigenvalue weighted by molar-refractivity contribution is 0.0190. The van der Waals surface area contributed by atoms with E-state index in [1.807, 2.05) is 0 Å². The van der Waals surface area contributed by atoms with Crippen molar-refractivity contribution in [1.29, 1.82) is 0 Å². The Morgan fingerprint density at radius 1 is 0.645 bits per heavy atom. The van der Waals surface area contributed by atoms with E-state index in [9.17, 15) is 0 Å². The van der Waals surface area contributed by atoms with Gasteiger partial charge in [-0.15, -0.1) is 0 Å². The first-order valence-electron chi connectivity index (χ1n) is 14.1. The van der Waals surface area contributed by atoms with Crippen LogP contribution in [0.1, 0.15) is 137 Å². The van der Waals surface area contributed by atoms with Crippen LogP contribution in [0.2, 0.25) is 0 Å². The molecular formula is C29H59NO. The first kappa shape index (κ1) is 30.7. The number of hydrogen-bond acceptors (Lipinski definition) is 2. The largest absolute Gasteiger partial charge is 0.374 e. The molecule has 0 aromatic heterocycles. The van der Waals surface area contributed by atoms with Gasteiger partial charge >= 0.3 is 0 Å². The maximum absolute atomic E-state index is 6.32. The molecule has 0 aromatic rings. The molecule has 2 atom stereocenters. The van der Waals surface area contributed by atoms with Crippen molar-refractivity contribution in [3.05, 3.63) is 12.2 Å². The molecule has 0 rings (SSSR count). The first-order chi connectivity index (χ1) is 15.2. The minimum Gasteiger partial charge on any atom is -0.374 e. The van der Waals surface area contributed by atoms with Crippen molar-refractivity contribution in [3.8, 4) is 0 Å². The zero-order valence-electron chi connectivity index (χ0n) is 22.3. The van der Waals surface area contributed by atoms with E-state index >= 15 is 0 Å². The standard InChI is InChI=1S/C29H59NO/c1-6-10-12-13-14-17-20-24-28(23-8-3)29(9-4)31-27-22-19-16-15-18-21-26-30(5)25-11-7-2/h19,22,28-29H,6-18,20-21,23-27H2,1-5H3/b22-19-. The van der Waals surface area contributed by atoms with E-state index < -0.39 is 0 Å². The van der Waals surface area contributed by atoms with E-state index in [0.29, 0.717) is 6.10 Å². The highest BCUT2D eigenvalue weighted by molar-refractivity contribution is 4.82. The summed E-state index contributed by atoms with van der Waals surface area (Å²) in [7, 11) is 2.26. The molecule has 0 bridgehead atoms. The fourth-order valence-corrected chi connectivity index (χ4v) is 4.56. The molecule has 0 N–H and O–H groups in total. The zero-order chi connectivity index (χ0) is 23.0. The third-order valence-electron chi connectivity index (χ3n) is 6.64. The van der Waals surface area contributed by atoms with E-state index in [1.165, 1.54) is 116 Å². The maximum atomic E-state index is 6.32. The summed E-state index contributed by atoms with van der Waals surface area (Å²) in [6, 6.07) is 0. The van der Waals surface area contributed by atoms with E-state index in [2.05, 4.69) is 51.8 Å². The number of ether oxygens (including phenoxy) is 1. The molecule has 0 amide bonds. The Morgan fingerprint density at radius 3 is 1.97 bits per heavy atom. The maximum Gasteiger partial charge on any atom is 0.0651 e. The minimum atomic E-state index is 0.448. The molecule has 0 fully saturated rings. The van der Waals surface area contributed by atoms with E-state index in [4.69, 9.17) is 4.74 Å². The molecule has 31 heavy (non-hydrogen) atoms. The fraction of sp³-hybridized carbons (Fsp3) is 0.931. The molecule has 0 radical (unpaired) electrons. The molecular weight excluding hydrogens is 378 g/mol. The van der Waals surface area contributed by atoms with Gasteiger partial charge < -0.3 is 9.64 Å². The Bertz CT molecular complexity index is 368. The Morgan fingerprint density at radius 2 is 1.29 bits per heavy atom. The third kappa shape index (κ3) is 20.0. The summed E-state index contributed by atoms with van der Waals surface area (Å²) in [6.45, 7) is 12.5. The van der Waals surface area contributed by atoms with Gasteiger partial charge in [-0.05, 0) is 71.0 Å². The minimum absolute atomic E-state index is 0.448. The summed E-state index contributed by atoms with van der Waals surface area (Å²) in [5.74, 6) is 0.753. The van der Waals surface area contributed by atoms with Crippen LogP contribution in [0, 0.1) is 5.92 Å². The Hall–Kier alpha value is -0.340. The van der Waals surface area contributed by atoms with Crippen LogP contribution >= 0.6 is 0 Å². The van der Waals surface area contributed by atoms with Crippen LogP contribution in [0.3, 0.4) is 0 Å². The summed E-state index contributed by atoms with van der Waals surface area (Å²) in [5.41, 5.74) is 0. The predicted octanol–water partition coefficient (Wildman–Crippen LogP) is 9.19. The van der Waals surface area contributed by atoms with Crippen molar-refractivity contribution in [2.45, 2.75) is 143 Å². The van der Waals surface area contributed by atoms with Gasteiger partial charge in [0.1, 0.15) is 0 Å². The van der Waals surface area contributed by atoms with Crippen LogP contribution in [0.5, 0.6) is 0 Å². The first-order valence-corrected chi connectivity index (χ1v) is 14.1. The van der Waals surface area contributed by atoms with Gasteiger partial charge in [-0.3, -0.25) is 0 Å². The Balaban J connectivity index is 3.89. The Kier molecular flexibility index (Phi) is 24.0. The second-order valence-corrected chi connectivity index (χ2v) is 9.72. The average Bonchev–Trinajstić information content (AvgIpc) is 2.78. The summed E-state index contributed by atoms with van der Waals surface area (Å²) in [4.78, 5) is 2.48. The molecule has 0 aromatic carbocycles. The third-order valence-corrected chi connectivity index (χ3v) is 6.64. The second kappa shape index (κ2) is 24.3. The summed E-state index contributed by atoms with van der Waals surface area (Å²) < 4.78 is 6.32. The van der Waals surface area contributed by atoms with Gasteiger partial charge in [0.25, 0.3) is 0 Å². The molecule has 0 saturated carbocycles. The normalized spacial score (nSPS) is 14.0. The average molecular weight is 438 g/mol. The number of unbranched alkanes of at least 4 members (excludes halogenated alkanes) is 10. The topological polar surface area (TPSA) is 12.5 Å². The quantitative estimate of drug-likeness (QED) is 0.110. The molecule has 0 saturated heterocycles. The Labute approximate surface area is 197 Å². The van der Waals surface area contributed by atoms with Crippen molar-refractivity contribution in [1.82, 2.24) is 4.90 Å². The highest BCUT2D eigenvalue weighted by Crippen LogP contribution is 2.24. The van der Waals surface area contributed by atoms with Crippen molar-refractivity contribution < 1.29 is 4.74 Å². The number of rotatable bonds is 24. The van der Waals surface area contributed by atoms with Crippen molar-refractivity contribution in [2.24, 2.45) is 5.92 Å². The van der Waals surface area contributed by atoms with Crippen molar-refractivity contribution >= 4 is 0 Å². The van der Waals surface area contributed by atoms with Gasteiger partial charge in [-0.25, -0.2) is 0 Å². The van der Waals surface area contributed by atoms with E-state index in [0.717, 1.165) is 18.9 Å². The summed E-state index contributed by atoms with van der Waals surface area (Å²) >= 11 is 0. The van der Waals surface area contributed by atoms with Gasteiger partial charge in [0.2, 0.25) is 0 Å². The molecule has 0 spiro atoms. The van der Waals surface area contributed by atoms with Gasteiger partial charge in [-0.2, -0.15) is 0 Å². The predicted molar refractivity (Wildman–Crippen MR) is 141 cm³/mol. The lowest BCUT2D eigenvalue weighted by Gasteiger charge is -2.26. The van der Waals surface area contributed by atoms with Crippen LogP contribution in [0.15, 0.2) is 12.2 Å². The lowest BCUT2D eigenvalue weighted by atomic mass is 9.89. The lowest BCUT2D eigenvalue weighted by Crippen LogP contribution is -2.23. The smallest absolute Gasteiger partial charge is 0.0651 e. The molecule has 0 aliphatic carbocycles. The summed E-state index contributed by atoms with van der Waals surface area (Å²) in [5, 5.41) is 0. The number of nitrogens with zero attached hydrogens (tertiary/aromatic N) is 1. The van der Waals surface area contributed by atoms with Gasteiger partial charge in [0.05, 0.1) is 12.7 Å². The summed E-state index contributed by atoms with van der Waals surface area (Å²) in [6.07, 6.45) is 27.8. The second-order valence-electron chi connectivity index (χ2n) is 9.72. The molecule has 2 heteroatoms. The number of allylic oxidation sites excluding steroid dienone is 1. The molecule has 0 heterocycles. The van der Waals surface area contributed by atoms with Gasteiger partial charge in [0.15, 0.2) is 0 Å². The number of hydrogen-bond donors (Lipinski definition) is 0. The molecule has 2 nitrogen and oxygen atoms in total. The monoisotopic (exact) mass is 437 g/mol. The zero-order valence-corrected chi connectivity index (χ0v) is 22.3. The van der Waals surface area contributed by atoms with Gasteiger partial charge in [0, 0.05) is 0 Å². The fourth-order valence-electron chi connectivity index (χ4n) is 4.56.